The summed E-state index contributed by atoms with van der Waals surface area (Å²) in [6.07, 6.45) is 2.84. The van der Waals surface area contributed by atoms with Gasteiger partial charge in [0.25, 0.3) is 5.92 Å². The van der Waals surface area contributed by atoms with E-state index in [2.05, 4.69) is 20.6 Å². The van der Waals surface area contributed by atoms with E-state index in [0.717, 1.165) is 6.92 Å². The van der Waals surface area contributed by atoms with Crippen molar-refractivity contribution in [1.82, 2.24) is 9.97 Å². The predicted molar refractivity (Wildman–Crippen MR) is 111 cm³/mol. The normalized spacial score (nSPS) is 18.1. The molecule has 1 saturated carbocycles. The van der Waals surface area contributed by atoms with Crippen LogP contribution in [0.2, 0.25) is 0 Å². The van der Waals surface area contributed by atoms with Crippen LogP contribution in [0, 0.1) is 0 Å². The van der Waals surface area contributed by atoms with Crippen molar-refractivity contribution in [3.63, 3.8) is 0 Å². The van der Waals surface area contributed by atoms with Crippen molar-refractivity contribution in [3.8, 4) is 11.5 Å². The summed E-state index contributed by atoms with van der Waals surface area (Å²) in [5.74, 6) is -2.35. The molecule has 1 fully saturated rings. The lowest BCUT2D eigenvalue weighted by Crippen LogP contribution is -2.38. The van der Waals surface area contributed by atoms with Gasteiger partial charge in [-0.25, -0.2) is 9.97 Å². The second-order valence-corrected chi connectivity index (χ2v) is 7.34. The largest absolute Gasteiger partial charge is 0.490 e. The molecule has 168 valence electrons. The molecule has 2 heterocycles. The first-order valence-electron chi connectivity index (χ1n) is 9.95. The van der Waals surface area contributed by atoms with Gasteiger partial charge in [0.2, 0.25) is 5.91 Å². The van der Waals surface area contributed by atoms with E-state index in [0.29, 0.717) is 30.9 Å². The number of aromatic nitrogens is 2. The van der Waals surface area contributed by atoms with E-state index in [-0.39, 0.29) is 35.5 Å². The molecular weight excluding hydrogens is 410 g/mol. The third-order valence-corrected chi connectivity index (χ3v) is 4.67. The van der Waals surface area contributed by atoms with E-state index < -0.39 is 11.6 Å². The van der Waals surface area contributed by atoms with Gasteiger partial charge in [-0.2, -0.15) is 8.78 Å². The molecule has 0 radical (unpaired) electrons. The lowest BCUT2D eigenvalue weighted by atomic mass is 9.92. The Morgan fingerprint density at radius 1 is 1.23 bits per heavy atom. The Balaban J connectivity index is 1.90. The maximum Gasteiger partial charge on any atom is 0.287 e. The molecule has 0 saturated heterocycles. The van der Waals surface area contributed by atoms with Crippen LogP contribution < -0.4 is 20.1 Å². The van der Waals surface area contributed by atoms with Gasteiger partial charge in [0.1, 0.15) is 29.2 Å². The molecule has 2 aromatic heterocycles. The van der Waals surface area contributed by atoms with Gasteiger partial charge < -0.3 is 24.8 Å². The first-order valence-corrected chi connectivity index (χ1v) is 9.95. The van der Waals surface area contributed by atoms with Crippen LogP contribution in [0.5, 0.6) is 11.5 Å². The van der Waals surface area contributed by atoms with E-state index in [4.69, 9.17) is 14.2 Å². The summed E-state index contributed by atoms with van der Waals surface area (Å²) in [5, 5.41) is 5.56. The maximum atomic E-state index is 14.1. The highest BCUT2D eigenvalue weighted by atomic mass is 19.3. The molecule has 0 aliphatic heterocycles. The molecule has 1 aliphatic rings. The molecule has 10 heteroatoms. The first-order chi connectivity index (χ1) is 14.7. The van der Waals surface area contributed by atoms with Crippen LogP contribution >= 0.6 is 0 Å². The predicted octanol–water partition coefficient (Wildman–Crippen LogP) is 4.25. The number of nitrogens with zero attached hydrogens (tertiary/aromatic N) is 2. The number of nitrogens with one attached hydrogen (secondary N) is 2. The number of halogens is 2. The van der Waals surface area contributed by atoms with Gasteiger partial charge in [-0.15, -0.1) is 0 Å². The molecule has 8 nitrogen and oxygen atoms in total. The average Bonchev–Trinajstić information content (AvgIpc) is 2.65. The second kappa shape index (κ2) is 9.42. The highest BCUT2D eigenvalue weighted by Gasteiger charge is 2.32. The van der Waals surface area contributed by atoms with Crippen molar-refractivity contribution >= 4 is 23.2 Å². The van der Waals surface area contributed by atoms with E-state index in [1.165, 1.54) is 19.2 Å². The summed E-state index contributed by atoms with van der Waals surface area (Å²) >= 11 is 0. The van der Waals surface area contributed by atoms with Crippen molar-refractivity contribution in [2.45, 2.75) is 51.7 Å². The third kappa shape index (κ3) is 6.00. The number of amides is 1. The van der Waals surface area contributed by atoms with Crippen molar-refractivity contribution in [1.29, 1.82) is 0 Å². The lowest BCUT2D eigenvalue weighted by Gasteiger charge is -2.34. The number of carbonyl (C=O) groups is 1. The molecule has 1 amide bonds. The van der Waals surface area contributed by atoms with Gasteiger partial charge >= 0.3 is 0 Å². The summed E-state index contributed by atoms with van der Waals surface area (Å²) in [5.41, 5.74) is -0.0112. The quantitative estimate of drug-likeness (QED) is 0.607. The van der Waals surface area contributed by atoms with Crippen LogP contribution in [0.25, 0.3) is 0 Å². The van der Waals surface area contributed by atoms with Gasteiger partial charge in [0.05, 0.1) is 24.6 Å². The molecule has 31 heavy (non-hydrogen) atoms. The van der Waals surface area contributed by atoms with Crippen molar-refractivity contribution in [2.24, 2.45) is 0 Å². The standard InChI is InChI=1S/C21H26F2N4O4/c1-5-30-17-11-24-19(25-12(2)28)10-16(17)26-20-9-15(8-18(27-20)21(3,22)23)31-14-6-13(7-14)29-4/h8-11,13-14H,5-7H2,1-4H3,(H2,24,25,26,27,28). The van der Waals surface area contributed by atoms with Crippen LogP contribution in [0.4, 0.5) is 26.1 Å². The third-order valence-electron chi connectivity index (χ3n) is 4.67. The fraction of sp³-hybridized carbons (Fsp3) is 0.476. The monoisotopic (exact) mass is 436 g/mol. The van der Waals surface area contributed by atoms with Crippen LogP contribution in [-0.2, 0) is 15.5 Å². The van der Waals surface area contributed by atoms with Gasteiger partial charge in [-0.3, -0.25) is 4.79 Å². The lowest BCUT2D eigenvalue weighted by molar-refractivity contribution is -0.114. The molecular formula is C21H26F2N4O4. The Labute approximate surface area is 179 Å². The number of ether oxygens (including phenoxy) is 3. The molecule has 0 bridgehead atoms. The molecule has 0 unspecified atom stereocenters. The molecule has 2 aromatic rings. The summed E-state index contributed by atoms with van der Waals surface area (Å²) in [6, 6.07) is 4.33. The van der Waals surface area contributed by atoms with E-state index in [1.54, 1.807) is 26.2 Å². The van der Waals surface area contributed by atoms with Crippen LogP contribution in [0.15, 0.2) is 24.4 Å². The van der Waals surface area contributed by atoms with Crippen LogP contribution in [0.1, 0.15) is 39.3 Å². The fourth-order valence-corrected chi connectivity index (χ4v) is 3.06. The SMILES string of the molecule is CCOc1cnc(NC(C)=O)cc1Nc1cc(OC2CC(OC)C2)cc(C(C)(F)F)n1. The van der Waals surface area contributed by atoms with Gasteiger partial charge in [0.15, 0.2) is 5.75 Å². The van der Waals surface area contributed by atoms with Crippen molar-refractivity contribution in [3.05, 3.63) is 30.1 Å². The second-order valence-electron chi connectivity index (χ2n) is 7.34. The molecule has 0 spiro atoms. The Morgan fingerprint density at radius 3 is 2.58 bits per heavy atom. The molecule has 0 atom stereocenters. The zero-order valence-corrected chi connectivity index (χ0v) is 17.9. The Bertz CT molecular complexity index is 930. The number of rotatable bonds is 9. The number of hydrogen-bond donors (Lipinski definition) is 2. The Kier molecular flexibility index (Phi) is 6.89. The summed E-state index contributed by atoms with van der Waals surface area (Å²) < 4.78 is 44.8. The zero-order chi connectivity index (χ0) is 22.6. The number of alkyl halides is 2. The minimum absolute atomic E-state index is 0.107. The number of carbonyl (C=O) groups excluding carboxylic acids is 1. The van der Waals surface area contributed by atoms with Crippen molar-refractivity contribution in [2.75, 3.05) is 24.4 Å². The fourth-order valence-electron chi connectivity index (χ4n) is 3.06. The molecule has 0 aromatic carbocycles. The van der Waals surface area contributed by atoms with E-state index in [9.17, 15) is 13.6 Å². The van der Waals surface area contributed by atoms with Gasteiger partial charge in [-0.05, 0) is 6.92 Å². The van der Waals surface area contributed by atoms with E-state index in [1.807, 2.05) is 0 Å². The van der Waals surface area contributed by atoms with E-state index >= 15 is 0 Å². The topological polar surface area (TPSA) is 94.6 Å². The highest BCUT2D eigenvalue weighted by Crippen LogP contribution is 2.35. The van der Waals surface area contributed by atoms with Crippen LogP contribution in [-0.4, -0.2) is 41.8 Å². The number of methoxy groups -OCH3 is 1. The zero-order valence-electron chi connectivity index (χ0n) is 17.9. The van der Waals surface area contributed by atoms with Gasteiger partial charge in [-0.1, -0.05) is 0 Å². The number of anilines is 3. The number of hydrogen-bond acceptors (Lipinski definition) is 7. The minimum atomic E-state index is -3.16. The van der Waals surface area contributed by atoms with Crippen molar-refractivity contribution < 1.29 is 27.8 Å². The number of pyridine rings is 2. The summed E-state index contributed by atoms with van der Waals surface area (Å²) in [4.78, 5) is 19.5. The summed E-state index contributed by atoms with van der Waals surface area (Å²) in [7, 11) is 1.63. The smallest absolute Gasteiger partial charge is 0.287 e. The Morgan fingerprint density at radius 2 is 1.97 bits per heavy atom. The highest BCUT2D eigenvalue weighted by molar-refractivity contribution is 5.88. The van der Waals surface area contributed by atoms with Crippen LogP contribution in [0.3, 0.4) is 0 Å². The molecule has 2 N–H and O–H groups in total. The maximum absolute atomic E-state index is 14.1. The first kappa shape index (κ1) is 22.7. The summed E-state index contributed by atoms with van der Waals surface area (Å²) in [6.45, 7) is 4.31. The van der Waals surface area contributed by atoms with Gasteiger partial charge in [0, 0.05) is 52.0 Å². The Hall–Kier alpha value is -3.01. The minimum Gasteiger partial charge on any atom is -0.490 e. The molecule has 1 aliphatic carbocycles. The molecule has 3 rings (SSSR count). The average molecular weight is 436 g/mol.